The second-order valence-electron chi connectivity index (χ2n) is 5.44. The summed E-state index contributed by atoms with van der Waals surface area (Å²) in [4.78, 5) is 9.64. The number of hydrogen-bond donors (Lipinski definition) is 2. The van der Waals surface area contributed by atoms with Crippen molar-refractivity contribution in [1.82, 2.24) is 9.97 Å². The zero-order valence-electron chi connectivity index (χ0n) is 13.4. The van der Waals surface area contributed by atoms with Gasteiger partial charge in [0.15, 0.2) is 5.82 Å². The zero-order chi connectivity index (χ0) is 17.1. The van der Waals surface area contributed by atoms with Crippen molar-refractivity contribution < 1.29 is 0 Å². The molecular formula is C18H17ClN4S. The molecule has 0 aliphatic rings. The van der Waals surface area contributed by atoms with E-state index in [1.165, 1.54) is 23.7 Å². The molecule has 0 spiro atoms. The van der Waals surface area contributed by atoms with E-state index in [1.807, 2.05) is 25.1 Å². The van der Waals surface area contributed by atoms with Gasteiger partial charge >= 0.3 is 0 Å². The number of nitrogen functional groups attached to an aromatic ring is 1. The van der Waals surface area contributed by atoms with Gasteiger partial charge in [0.1, 0.15) is 17.0 Å². The maximum atomic E-state index is 6.26. The number of benzene rings is 2. The maximum Gasteiger partial charge on any atom is 0.158 e. The Bertz CT molecular complexity index is 865. The molecule has 2 aromatic carbocycles. The molecule has 0 radical (unpaired) electrons. The number of rotatable bonds is 4. The van der Waals surface area contributed by atoms with Crippen molar-refractivity contribution in [1.29, 1.82) is 0 Å². The first-order valence-electron chi connectivity index (χ1n) is 7.41. The van der Waals surface area contributed by atoms with Crippen molar-refractivity contribution in [2.24, 2.45) is 0 Å². The number of hydrogen-bond acceptors (Lipinski definition) is 5. The Kier molecular flexibility index (Phi) is 4.92. The minimum Gasteiger partial charge on any atom is -0.394 e. The average molecular weight is 357 g/mol. The van der Waals surface area contributed by atoms with Gasteiger partial charge in [-0.3, -0.25) is 0 Å². The van der Waals surface area contributed by atoms with Crippen LogP contribution in [0.3, 0.4) is 0 Å². The highest BCUT2D eigenvalue weighted by atomic mass is 35.5. The summed E-state index contributed by atoms with van der Waals surface area (Å²) in [6.07, 6.45) is 1.51. The Morgan fingerprint density at radius 2 is 1.79 bits per heavy atom. The lowest BCUT2D eigenvalue weighted by Crippen LogP contribution is -2.03. The van der Waals surface area contributed by atoms with Gasteiger partial charge in [0.2, 0.25) is 0 Å². The van der Waals surface area contributed by atoms with Crippen molar-refractivity contribution in [3.63, 3.8) is 0 Å². The molecule has 0 saturated heterocycles. The van der Waals surface area contributed by atoms with Crippen LogP contribution in [0.15, 0.2) is 58.7 Å². The summed E-state index contributed by atoms with van der Waals surface area (Å²) < 4.78 is 0. The molecule has 24 heavy (non-hydrogen) atoms. The lowest BCUT2D eigenvalue weighted by Gasteiger charge is -2.13. The van der Waals surface area contributed by atoms with E-state index >= 15 is 0 Å². The Labute approximate surface area is 150 Å². The number of nitrogens with zero attached hydrogens (tertiary/aromatic N) is 2. The summed E-state index contributed by atoms with van der Waals surface area (Å²) >= 11 is 7.58. The van der Waals surface area contributed by atoms with Crippen LogP contribution in [0.5, 0.6) is 0 Å². The summed E-state index contributed by atoms with van der Waals surface area (Å²) in [5, 5.41) is 4.62. The normalized spacial score (nSPS) is 10.6. The predicted octanol–water partition coefficient (Wildman–Crippen LogP) is 5.22. The molecule has 3 aromatic rings. The number of nitrogens with two attached hydrogens (primary N) is 1. The summed E-state index contributed by atoms with van der Waals surface area (Å²) in [6.45, 7) is 4.06. The van der Waals surface area contributed by atoms with Crippen molar-refractivity contribution in [2.75, 3.05) is 11.1 Å². The fraction of sp³-hybridized carbons (Fsp3) is 0.111. The first-order chi connectivity index (χ1) is 11.5. The van der Waals surface area contributed by atoms with Crippen LogP contribution in [0.25, 0.3) is 0 Å². The molecule has 4 nitrogen and oxygen atoms in total. The Balaban J connectivity index is 1.88. The van der Waals surface area contributed by atoms with Crippen LogP contribution in [0.4, 0.5) is 17.2 Å². The Hall–Kier alpha value is -2.24. The van der Waals surface area contributed by atoms with Crippen molar-refractivity contribution in [3.8, 4) is 0 Å². The van der Waals surface area contributed by atoms with Crippen molar-refractivity contribution >= 4 is 40.6 Å². The largest absolute Gasteiger partial charge is 0.394 e. The van der Waals surface area contributed by atoms with Gasteiger partial charge in [-0.05, 0) is 43.7 Å². The third-order valence-electron chi connectivity index (χ3n) is 3.54. The molecule has 0 aliphatic heterocycles. The molecule has 6 heteroatoms. The third-order valence-corrected chi connectivity index (χ3v) is 4.80. The lowest BCUT2D eigenvalue weighted by atomic mass is 10.2. The number of anilines is 3. The van der Waals surface area contributed by atoms with Gasteiger partial charge in [0, 0.05) is 15.6 Å². The van der Waals surface area contributed by atoms with Crippen molar-refractivity contribution in [2.45, 2.75) is 23.8 Å². The van der Waals surface area contributed by atoms with Gasteiger partial charge < -0.3 is 11.1 Å². The number of halogens is 1. The Morgan fingerprint density at radius 3 is 2.54 bits per heavy atom. The smallest absolute Gasteiger partial charge is 0.158 e. The highest BCUT2D eigenvalue weighted by molar-refractivity contribution is 7.99. The van der Waals surface area contributed by atoms with E-state index < -0.39 is 0 Å². The fourth-order valence-electron chi connectivity index (χ4n) is 2.13. The van der Waals surface area contributed by atoms with Gasteiger partial charge in [-0.2, -0.15) is 0 Å². The first-order valence-corrected chi connectivity index (χ1v) is 8.60. The van der Waals surface area contributed by atoms with Gasteiger partial charge in [0.05, 0.1) is 0 Å². The molecule has 0 aliphatic carbocycles. The summed E-state index contributed by atoms with van der Waals surface area (Å²) in [6, 6.07) is 13.9. The van der Waals surface area contributed by atoms with E-state index in [0.29, 0.717) is 16.5 Å². The molecule has 3 N–H and O–H groups in total. The SMILES string of the molecule is Cc1ccc(Sc2ncnc(Nc3cc(Cl)ccc3C)c2N)cc1. The summed E-state index contributed by atoms with van der Waals surface area (Å²) in [7, 11) is 0. The molecule has 0 atom stereocenters. The highest BCUT2D eigenvalue weighted by Crippen LogP contribution is 2.34. The minimum atomic E-state index is 0.516. The van der Waals surface area contributed by atoms with Crippen LogP contribution in [-0.2, 0) is 0 Å². The molecule has 1 aromatic heterocycles. The zero-order valence-corrected chi connectivity index (χ0v) is 14.9. The second kappa shape index (κ2) is 7.11. The fourth-order valence-corrected chi connectivity index (χ4v) is 3.11. The van der Waals surface area contributed by atoms with Gasteiger partial charge in [-0.25, -0.2) is 9.97 Å². The van der Waals surface area contributed by atoms with Gasteiger partial charge in [-0.1, -0.05) is 47.1 Å². The van der Waals surface area contributed by atoms with E-state index in [-0.39, 0.29) is 0 Å². The van der Waals surface area contributed by atoms with E-state index in [4.69, 9.17) is 17.3 Å². The van der Waals surface area contributed by atoms with Crippen LogP contribution in [0.1, 0.15) is 11.1 Å². The first kappa shape index (κ1) is 16.6. The van der Waals surface area contributed by atoms with Crippen LogP contribution in [0, 0.1) is 13.8 Å². The molecule has 3 rings (SSSR count). The molecule has 1 heterocycles. The average Bonchev–Trinajstić information content (AvgIpc) is 2.56. The molecule has 0 bridgehead atoms. The van der Waals surface area contributed by atoms with Gasteiger partial charge in [0.25, 0.3) is 0 Å². The monoisotopic (exact) mass is 356 g/mol. The maximum absolute atomic E-state index is 6.26. The van der Waals surface area contributed by atoms with E-state index in [9.17, 15) is 0 Å². The lowest BCUT2D eigenvalue weighted by molar-refractivity contribution is 1.06. The van der Waals surface area contributed by atoms with Crippen molar-refractivity contribution in [3.05, 3.63) is 64.9 Å². The van der Waals surface area contributed by atoms with Crippen LogP contribution in [-0.4, -0.2) is 9.97 Å². The summed E-state index contributed by atoms with van der Waals surface area (Å²) in [5.41, 5.74) is 9.92. The van der Waals surface area contributed by atoms with E-state index in [0.717, 1.165) is 21.2 Å². The highest BCUT2D eigenvalue weighted by Gasteiger charge is 2.11. The number of nitrogens with one attached hydrogen (secondary N) is 1. The topological polar surface area (TPSA) is 63.8 Å². The van der Waals surface area contributed by atoms with E-state index in [1.54, 1.807) is 0 Å². The summed E-state index contributed by atoms with van der Waals surface area (Å²) in [5.74, 6) is 0.574. The minimum absolute atomic E-state index is 0.516. The molecular weight excluding hydrogens is 340 g/mol. The standard InChI is InChI=1S/C18H17ClN4S/c1-11-3-7-14(8-4-11)24-18-16(20)17(21-10-22-18)23-15-9-13(19)6-5-12(15)2/h3-10H,20H2,1-2H3,(H,21,22,23). The molecule has 122 valence electrons. The predicted molar refractivity (Wildman–Crippen MR) is 101 cm³/mol. The second-order valence-corrected chi connectivity index (χ2v) is 6.94. The van der Waals surface area contributed by atoms with Crippen LogP contribution < -0.4 is 11.1 Å². The van der Waals surface area contributed by atoms with E-state index in [2.05, 4.69) is 46.5 Å². The molecule has 0 amide bonds. The quantitative estimate of drug-likeness (QED) is 0.627. The molecule has 0 saturated carbocycles. The Morgan fingerprint density at radius 1 is 1.04 bits per heavy atom. The van der Waals surface area contributed by atoms with Gasteiger partial charge in [-0.15, -0.1) is 0 Å². The number of aryl methyl sites for hydroxylation is 2. The number of aromatic nitrogens is 2. The molecule has 0 unspecified atom stereocenters. The molecule has 0 fully saturated rings. The van der Waals surface area contributed by atoms with Crippen LogP contribution >= 0.6 is 23.4 Å². The van der Waals surface area contributed by atoms with Crippen LogP contribution in [0.2, 0.25) is 5.02 Å². The third kappa shape index (κ3) is 3.80.